The van der Waals surface area contributed by atoms with Gasteiger partial charge in [0.25, 0.3) is 0 Å². The summed E-state index contributed by atoms with van der Waals surface area (Å²) in [6.07, 6.45) is 5.70. The molecule has 9 rings (SSSR count). The molecule has 5 aromatic rings. The average molecular weight is 715 g/mol. The van der Waals surface area contributed by atoms with Crippen LogP contribution in [0.4, 0.5) is 5.69 Å². The molecule has 0 amide bonds. The van der Waals surface area contributed by atoms with E-state index in [9.17, 15) is 9.90 Å². The van der Waals surface area contributed by atoms with Gasteiger partial charge in [0.2, 0.25) is 0 Å². The van der Waals surface area contributed by atoms with E-state index in [4.69, 9.17) is 26.5 Å². The molecule has 0 unspecified atom stereocenters. The van der Waals surface area contributed by atoms with Crippen molar-refractivity contribution in [2.24, 2.45) is 20.0 Å². The predicted octanol–water partition coefficient (Wildman–Crippen LogP) is 7.96. The Morgan fingerprint density at radius 2 is 1.92 bits per heavy atom. The maximum absolute atomic E-state index is 12.9. The molecule has 254 valence electrons. The molecule has 0 atom stereocenters. The van der Waals surface area contributed by atoms with Crippen LogP contribution in [-0.4, -0.2) is 48.4 Å². The van der Waals surface area contributed by atoms with Crippen LogP contribution < -0.4 is 10.1 Å². The van der Waals surface area contributed by atoms with Crippen molar-refractivity contribution in [2.75, 3.05) is 18.5 Å². The number of carboxylic acids is 1. The molecule has 2 N–H and O–H groups in total. The minimum absolute atomic E-state index is 0.137. The van der Waals surface area contributed by atoms with E-state index in [0.717, 1.165) is 87.1 Å². The zero-order chi connectivity index (χ0) is 33.6. The third-order valence-corrected chi connectivity index (χ3v) is 13.2. The highest BCUT2D eigenvalue weighted by molar-refractivity contribution is 7.98. The van der Waals surface area contributed by atoms with Crippen LogP contribution in [0.15, 0.2) is 35.2 Å². The molecule has 4 aliphatic rings. The van der Waals surface area contributed by atoms with Crippen LogP contribution in [0.25, 0.3) is 22.0 Å². The number of fused-ring (bicyclic) bond motifs is 9. The second kappa shape index (κ2) is 11.8. The highest BCUT2D eigenvalue weighted by Gasteiger charge is 2.72. The summed E-state index contributed by atoms with van der Waals surface area (Å²) in [4.78, 5) is 14.1. The van der Waals surface area contributed by atoms with Crippen molar-refractivity contribution in [3.63, 3.8) is 0 Å². The number of halogens is 1. The summed E-state index contributed by atoms with van der Waals surface area (Å²) in [6.45, 7) is 3.47. The van der Waals surface area contributed by atoms with Crippen LogP contribution in [0.2, 0.25) is 5.02 Å². The fourth-order valence-electron chi connectivity index (χ4n) is 8.14. The molecule has 0 radical (unpaired) electrons. The number of hydrogen-bond donors (Lipinski definition) is 2. The lowest BCUT2D eigenvalue weighted by Gasteiger charge is -2.22. The quantitative estimate of drug-likeness (QED) is 0.190. The second-order valence-corrected chi connectivity index (χ2v) is 16.4. The standard InChI is InChI=1S/C37H39ClN6O3S2/c1-20-31-29(44(40-20)37-15-22(37)16-37)19-48-17-23-13-24(43(3)41-23)18-49-25-12-21-6-4-10-39-33(21)30(14-25)47-11-5-7-26-27-8-9-28(38)32(31)34(27)42(2)35(26)36(45)46/h8-9,12-14,22,39H,4-7,10-11,15-19H2,1-3H3,(H,45,46). The smallest absolute Gasteiger partial charge is 0.352 e. The van der Waals surface area contributed by atoms with Crippen LogP contribution in [0.1, 0.15) is 70.1 Å². The minimum Gasteiger partial charge on any atom is -0.491 e. The van der Waals surface area contributed by atoms with Crippen molar-refractivity contribution in [1.29, 1.82) is 0 Å². The number of rotatable bonds is 2. The third-order valence-electron chi connectivity index (χ3n) is 10.9. The van der Waals surface area contributed by atoms with Gasteiger partial charge in [-0.15, -0.1) is 23.5 Å². The summed E-state index contributed by atoms with van der Waals surface area (Å²) in [5, 5.41) is 25.7. The lowest BCUT2D eigenvalue weighted by Crippen LogP contribution is -2.14. The van der Waals surface area contributed by atoms with Gasteiger partial charge in [-0.2, -0.15) is 10.2 Å². The summed E-state index contributed by atoms with van der Waals surface area (Å²) in [5.41, 5.74) is 10.7. The number of benzene rings is 2. The Balaban J connectivity index is 1.17. The van der Waals surface area contributed by atoms with Gasteiger partial charge in [-0.3, -0.25) is 9.36 Å². The van der Waals surface area contributed by atoms with Crippen LogP contribution in [0.3, 0.4) is 0 Å². The molecule has 2 aromatic carbocycles. The number of thioether (sulfide) groups is 2. The zero-order valence-corrected chi connectivity index (χ0v) is 30.3. The van der Waals surface area contributed by atoms with E-state index < -0.39 is 5.97 Å². The first-order chi connectivity index (χ1) is 23.7. The third kappa shape index (κ3) is 5.17. The number of nitrogens with one attached hydrogen (secondary N) is 1. The van der Waals surface area contributed by atoms with Gasteiger partial charge >= 0.3 is 5.97 Å². The molecule has 0 spiro atoms. The predicted molar refractivity (Wildman–Crippen MR) is 196 cm³/mol. The van der Waals surface area contributed by atoms with Crippen LogP contribution in [-0.2, 0) is 49.7 Å². The first-order valence-corrected chi connectivity index (χ1v) is 19.6. The molecule has 3 aromatic heterocycles. The molecule has 2 aliphatic heterocycles. The van der Waals surface area contributed by atoms with Crippen LogP contribution in [0, 0.1) is 12.8 Å². The number of aryl methyl sites for hydroxylation is 5. The van der Waals surface area contributed by atoms with Crippen molar-refractivity contribution in [3.05, 3.63) is 75.0 Å². The van der Waals surface area contributed by atoms with E-state index in [-0.39, 0.29) is 5.54 Å². The number of carbonyl (C=O) groups is 1. The average Bonchev–Trinajstić information content (AvgIpc) is 3.84. The van der Waals surface area contributed by atoms with E-state index in [2.05, 4.69) is 35.1 Å². The van der Waals surface area contributed by atoms with Gasteiger partial charge < -0.3 is 19.7 Å². The molecule has 2 fully saturated rings. The highest BCUT2D eigenvalue weighted by Crippen LogP contribution is 2.73. The number of nitrogens with zero attached hydrogens (tertiary/aromatic N) is 5. The molecular weight excluding hydrogens is 676 g/mol. The van der Waals surface area contributed by atoms with Gasteiger partial charge in [0, 0.05) is 65.0 Å². The van der Waals surface area contributed by atoms with E-state index in [1.54, 1.807) is 0 Å². The summed E-state index contributed by atoms with van der Waals surface area (Å²) < 4.78 is 12.6. The molecule has 12 heteroatoms. The Labute approximate surface area is 298 Å². The van der Waals surface area contributed by atoms with E-state index in [0.29, 0.717) is 36.1 Å². The number of aromatic carboxylic acids is 1. The van der Waals surface area contributed by atoms with Gasteiger partial charge in [0.05, 0.1) is 45.5 Å². The highest BCUT2D eigenvalue weighted by atomic mass is 35.5. The van der Waals surface area contributed by atoms with Gasteiger partial charge in [-0.25, -0.2) is 4.79 Å². The fourth-order valence-corrected chi connectivity index (χ4v) is 10.3. The normalized spacial score (nSPS) is 21.6. The number of hydrogen-bond acceptors (Lipinski definition) is 7. The summed E-state index contributed by atoms with van der Waals surface area (Å²) in [7, 11) is 3.89. The van der Waals surface area contributed by atoms with Crippen molar-refractivity contribution < 1.29 is 14.6 Å². The maximum Gasteiger partial charge on any atom is 0.352 e. The topological polar surface area (TPSA) is 99.1 Å². The summed E-state index contributed by atoms with van der Waals surface area (Å²) in [6, 6.07) is 10.6. The Morgan fingerprint density at radius 1 is 1.08 bits per heavy atom. The molecular formula is C37H39ClN6O3S2. The maximum atomic E-state index is 12.9. The van der Waals surface area contributed by atoms with Gasteiger partial charge in [-0.1, -0.05) is 17.7 Å². The Morgan fingerprint density at radius 3 is 2.71 bits per heavy atom. The molecule has 5 heterocycles. The second-order valence-electron chi connectivity index (χ2n) is 14.0. The number of anilines is 1. The zero-order valence-electron chi connectivity index (χ0n) is 27.9. The number of aromatic nitrogens is 5. The van der Waals surface area contributed by atoms with Crippen molar-refractivity contribution in [2.45, 2.75) is 73.1 Å². The van der Waals surface area contributed by atoms with Crippen molar-refractivity contribution in [3.8, 4) is 16.9 Å². The first kappa shape index (κ1) is 31.4. The molecule has 2 aliphatic carbocycles. The lowest BCUT2D eigenvalue weighted by molar-refractivity contribution is 0.0685. The minimum atomic E-state index is -0.940. The monoisotopic (exact) mass is 714 g/mol. The molecule has 9 nitrogen and oxygen atoms in total. The SMILES string of the molecule is Cc1nn(C23CC2C3)c2c1-c1c(Cl)ccc3c(c(C(=O)O)n(C)c13)CCCOc1cc(cc3c1NCCC3)SCc1cc(nn1C)CSC2. The molecule has 2 saturated carbocycles. The largest absolute Gasteiger partial charge is 0.491 e. The Bertz CT molecular complexity index is 2180. The Hall–Kier alpha value is -3.54. The first-order valence-electron chi connectivity index (χ1n) is 17.1. The lowest BCUT2D eigenvalue weighted by atomic mass is 9.98. The molecule has 49 heavy (non-hydrogen) atoms. The molecule has 0 saturated heterocycles. The fraction of sp³-hybridized carbons (Fsp3) is 0.432. The van der Waals surface area contributed by atoms with Crippen molar-refractivity contribution >= 4 is 57.7 Å². The van der Waals surface area contributed by atoms with Crippen LogP contribution >= 0.6 is 35.1 Å². The number of ether oxygens (including phenoxy) is 1. The summed E-state index contributed by atoms with van der Waals surface area (Å²) in [5.74, 6) is 2.98. The van der Waals surface area contributed by atoms with Crippen molar-refractivity contribution in [1.82, 2.24) is 24.1 Å². The summed E-state index contributed by atoms with van der Waals surface area (Å²) >= 11 is 10.8. The van der Waals surface area contributed by atoms with Crippen LogP contribution in [0.5, 0.6) is 5.75 Å². The van der Waals surface area contributed by atoms with Gasteiger partial charge in [-0.05, 0) is 86.8 Å². The number of carboxylic acid groups (broad SMARTS) is 1. The van der Waals surface area contributed by atoms with Gasteiger partial charge in [0.1, 0.15) is 11.4 Å². The van der Waals surface area contributed by atoms with E-state index in [1.165, 1.54) is 34.7 Å². The van der Waals surface area contributed by atoms with E-state index >= 15 is 0 Å². The Kier molecular flexibility index (Phi) is 7.55. The van der Waals surface area contributed by atoms with Gasteiger partial charge in [0.15, 0.2) is 0 Å². The van der Waals surface area contributed by atoms with E-state index in [1.807, 2.05) is 59.0 Å². The molecule has 8 bridgehead atoms.